The van der Waals surface area contributed by atoms with Gasteiger partial charge in [0.25, 0.3) is 11.7 Å². The summed E-state index contributed by atoms with van der Waals surface area (Å²) in [6.45, 7) is 0. The van der Waals surface area contributed by atoms with E-state index in [1.54, 1.807) is 0 Å². The highest BCUT2D eigenvalue weighted by Gasteiger charge is 2.49. The van der Waals surface area contributed by atoms with E-state index < -0.39 is 35.1 Å². The van der Waals surface area contributed by atoms with Crippen LogP contribution in [0.25, 0.3) is 5.76 Å². The number of Topliss-reactive ketones (excluding diaryl/α,β-unsaturated/α-hetero) is 1. The Hall–Kier alpha value is -4.14. The summed E-state index contributed by atoms with van der Waals surface area (Å²) in [5, 5.41) is 11.1. The fraction of sp³-hybridized carbons (Fsp3) is 0.130. The van der Waals surface area contributed by atoms with Gasteiger partial charge in [0.05, 0.1) is 37.3 Å². The standard InChI is InChI=1S/C23H17F2NO6/c1-30-13-6-7-14(18(11-13)31-2)21(27)19-20(17-4-3-9-32-17)26(23(29)22(19)28)16-8-5-12(24)10-15(16)25/h3-11,20,27H,1-2H3/b21-19-. The van der Waals surface area contributed by atoms with Crippen molar-refractivity contribution in [3.63, 3.8) is 0 Å². The van der Waals surface area contributed by atoms with Crippen molar-refractivity contribution < 1.29 is 37.4 Å². The van der Waals surface area contributed by atoms with E-state index >= 15 is 0 Å². The molecular formula is C23H17F2NO6. The summed E-state index contributed by atoms with van der Waals surface area (Å²) in [5.74, 6) is -3.90. The van der Waals surface area contributed by atoms with Gasteiger partial charge in [-0.05, 0) is 36.4 Å². The monoisotopic (exact) mass is 441 g/mol. The molecule has 0 aliphatic carbocycles. The van der Waals surface area contributed by atoms with Gasteiger partial charge in [0.2, 0.25) is 0 Å². The van der Waals surface area contributed by atoms with Gasteiger partial charge in [-0.1, -0.05) is 0 Å². The van der Waals surface area contributed by atoms with E-state index in [1.165, 1.54) is 50.8 Å². The Morgan fingerprint density at radius 3 is 2.47 bits per heavy atom. The molecule has 0 spiro atoms. The number of aliphatic hydroxyl groups is 1. The van der Waals surface area contributed by atoms with Crippen molar-refractivity contribution in [1.29, 1.82) is 0 Å². The van der Waals surface area contributed by atoms with Gasteiger partial charge in [-0.15, -0.1) is 0 Å². The average Bonchev–Trinajstić information content (AvgIpc) is 3.40. The normalized spacial score (nSPS) is 17.6. The molecular weight excluding hydrogens is 424 g/mol. The molecule has 1 amide bonds. The van der Waals surface area contributed by atoms with E-state index in [9.17, 15) is 23.5 Å². The number of rotatable bonds is 5. The molecule has 1 aliphatic rings. The van der Waals surface area contributed by atoms with Crippen LogP contribution in [0.1, 0.15) is 17.4 Å². The second-order valence-electron chi connectivity index (χ2n) is 6.85. The lowest BCUT2D eigenvalue weighted by molar-refractivity contribution is -0.132. The first-order valence-electron chi connectivity index (χ1n) is 9.39. The Bertz CT molecular complexity index is 1240. The van der Waals surface area contributed by atoms with Crippen molar-refractivity contribution in [1.82, 2.24) is 0 Å². The van der Waals surface area contributed by atoms with Crippen LogP contribution >= 0.6 is 0 Å². The van der Waals surface area contributed by atoms with Crippen molar-refractivity contribution >= 4 is 23.1 Å². The van der Waals surface area contributed by atoms with Crippen LogP contribution in [-0.4, -0.2) is 31.0 Å². The predicted molar refractivity (Wildman–Crippen MR) is 109 cm³/mol. The third-order valence-electron chi connectivity index (χ3n) is 5.09. The van der Waals surface area contributed by atoms with Gasteiger partial charge < -0.3 is 19.0 Å². The number of carbonyl (C=O) groups excluding carboxylic acids is 2. The van der Waals surface area contributed by atoms with Gasteiger partial charge in [-0.25, -0.2) is 8.78 Å². The lowest BCUT2D eigenvalue weighted by atomic mass is 9.98. The summed E-state index contributed by atoms with van der Waals surface area (Å²) in [4.78, 5) is 26.8. The van der Waals surface area contributed by atoms with Gasteiger partial charge in [-0.3, -0.25) is 14.5 Å². The first kappa shape index (κ1) is 21.1. The minimum absolute atomic E-state index is 0.0990. The van der Waals surface area contributed by atoms with Crippen LogP contribution in [0.3, 0.4) is 0 Å². The number of methoxy groups -OCH3 is 2. The Kier molecular flexibility index (Phi) is 5.40. The van der Waals surface area contributed by atoms with E-state index in [4.69, 9.17) is 13.9 Å². The molecule has 1 N–H and O–H groups in total. The fourth-order valence-electron chi connectivity index (χ4n) is 3.61. The molecule has 2 heterocycles. The first-order chi connectivity index (χ1) is 15.4. The molecule has 2 aromatic carbocycles. The summed E-state index contributed by atoms with van der Waals surface area (Å²) in [6, 6.07) is 8.79. The zero-order chi connectivity index (χ0) is 23.0. The van der Waals surface area contributed by atoms with Crippen LogP contribution in [0.5, 0.6) is 11.5 Å². The number of hydrogen-bond donors (Lipinski definition) is 1. The SMILES string of the molecule is COc1ccc(/C(O)=C2/C(=O)C(=O)N(c3ccc(F)cc3F)C2c2ccco2)c(OC)c1. The minimum Gasteiger partial charge on any atom is -0.507 e. The topological polar surface area (TPSA) is 89.2 Å². The Morgan fingerprint density at radius 2 is 1.84 bits per heavy atom. The number of benzene rings is 2. The number of carbonyl (C=O) groups is 2. The molecule has 1 atom stereocenters. The molecule has 1 unspecified atom stereocenters. The lowest BCUT2D eigenvalue weighted by Gasteiger charge is -2.24. The van der Waals surface area contributed by atoms with Crippen LogP contribution in [-0.2, 0) is 9.59 Å². The predicted octanol–water partition coefficient (Wildman–Crippen LogP) is 4.20. The zero-order valence-corrected chi connectivity index (χ0v) is 17.0. The molecule has 1 saturated heterocycles. The van der Waals surface area contributed by atoms with Crippen LogP contribution in [0.4, 0.5) is 14.5 Å². The Balaban J connectivity index is 1.95. The third kappa shape index (κ3) is 3.37. The smallest absolute Gasteiger partial charge is 0.300 e. The maximum Gasteiger partial charge on any atom is 0.300 e. The van der Waals surface area contributed by atoms with Crippen molar-refractivity contribution in [2.24, 2.45) is 0 Å². The number of furan rings is 1. The zero-order valence-electron chi connectivity index (χ0n) is 17.0. The molecule has 32 heavy (non-hydrogen) atoms. The largest absolute Gasteiger partial charge is 0.507 e. The summed E-state index contributed by atoms with van der Waals surface area (Å²) < 4.78 is 43.9. The van der Waals surface area contributed by atoms with Crippen LogP contribution in [0.2, 0.25) is 0 Å². The number of halogens is 2. The maximum atomic E-state index is 14.6. The summed E-state index contributed by atoms with van der Waals surface area (Å²) >= 11 is 0. The molecule has 1 aromatic heterocycles. The molecule has 1 aliphatic heterocycles. The van der Waals surface area contributed by atoms with Crippen LogP contribution in [0.15, 0.2) is 64.8 Å². The molecule has 0 radical (unpaired) electrons. The highest BCUT2D eigenvalue weighted by Crippen LogP contribution is 2.44. The van der Waals surface area contributed by atoms with E-state index in [0.717, 1.165) is 17.0 Å². The number of amides is 1. The molecule has 4 rings (SSSR count). The first-order valence-corrected chi connectivity index (χ1v) is 9.39. The molecule has 9 heteroatoms. The average molecular weight is 441 g/mol. The van der Waals surface area contributed by atoms with Crippen molar-refractivity contribution in [3.05, 3.63) is 83.3 Å². The highest BCUT2D eigenvalue weighted by molar-refractivity contribution is 6.51. The summed E-state index contributed by atoms with van der Waals surface area (Å²) in [5.41, 5.74) is -0.560. The van der Waals surface area contributed by atoms with E-state index in [1.807, 2.05) is 0 Å². The number of ether oxygens (including phenoxy) is 2. The van der Waals surface area contributed by atoms with E-state index in [2.05, 4.69) is 0 Å². The second kappa shape index (κ2) is 8.18. The molecule has 164 valence electrons. The highest BCUT2D eigenvalue weighted by atomic mass is 19.1. The van der Waals surface area contributed by atoms with Crippen molar-refractivity contribution in [2.75, 3.05) is 19.1 Å². The Labute approximate surface area is 181 Å². The Morgan fingerprint density at radius 1 is 1.06 bits per heavy atom. The van der Waals surface area contributed by atoms with E-state index in [-0.39, 0.29) is 28.3 Å². The van der Waals surface area contributed by atoms with Crippen molar-refractivity contribution in [2.45, 2.75) is 6.04 Å². The van der Waals surface area contributed by atoms with Gasteiger partial charge in [0.15, 0.2) is 0 Å². The molecule has 0 bridgehead atoms. The second-order valence-corrected chi connectivity index (χ2v) is 6.85. The minimum atomic E-state index is -1.29. The number of ketones is 1. The van der Waals surface area contributed by atoms with Gasteiger partial charge in [0, 0.05) is 12.1 Å². The molecule has 3 aromatic rings. The number of aliphatic hydroxyl groups excluding tert-OH is 1. The lowest BCUT2D eigenvalue weighted by Crippen LogP contribution is -2.30. The van der Waals surface area contributed by atoms with Gasteiger partial charge >= 0.3 is 0 Å². The number of nitrogens with zero attached hydrogens (tertiary/aromatic N) is 1. The van der Waals surface area contributed by atoms with Gasteiger partial charge in [0.1, 0.15) is 40.7 Å². The van der Waals surface area contributed by atoms with Crippen LogP contribution in [0, 0.1) is 11.6 Å². The maximum absolute atomic E-state index is 14.6. The van der Waals surface area contributed by atoms with E-state index in [0.29, 0.717) is 11.8 Å². The summed E-state index contributed by atoms with van der Waals surface area (Å²) in [6.07, 6.45) is 1.31. The third-order valence-corrected chi connectivity index (χ3v) is 5.09. The van der Waals surface area contributed by atoms with Gasteiger partial charge in [-0.2, -0.15) is 0 Å². The molecule has 1 fully saturated rings. The summed E-state index contributed by atoms with van der Waals surface area (Å²) in [7, 11) is 2.82. The fourth-order valence-corrected chi connectivity index (χ4v) is 3.61. The number of hydrogen-bond acceptors (Lipinski definition) is 6. The van der Waals surface area contributed by atoms with Crippen molar-refractivity contribution in [3.8, 4) is 11.5 Å². The molecule has 7 nitrogen and oxygen atoms in total. The number of anilines is 1. The molecule has 0 saturated carbocycles. The quantitative estimate of drug-likeness (QED) is 0.363. The van der Waals surface area contributed by atoms with Crippen LogP contribution < -0.4 is 14.4 Å².